The highest BCUT2D eigenvalue weighted by Gasteiger charge is 2.09. The molecule has 2 heterocycles. The van der Waals surface area contributed by atoms with Gasteiger partial charge in [-0.05, 0) is 6.07 Å². The van der Waals surface area contributed by atoms with Crippen molar-refractivity contribution in [1.82, 2.24) is 19.3 Å². The van der Waals surface area contributed by atoms with Crippen LogP contribution in [0.25, 0.3) is 0 Å². The van der Waals surface area contributed by atoms with Crippen LogP contribution in [0.4, 0.5) is 11.5 Å². The van der Waals surface area contributed by atoms with Crippen molar-refractivity contribution in [3.63, 3.8) is 0 Å². The molecule has 8 nitrogen and oxygen atoms in total. The van der Waals surface area contributed by atoms with Crippen molar-refractivity contribution < 1.29 is 0 Å². The standard InChI is InChI=1S/C11H16N6O2/c1-16-9(12)8(10(18)15-11(16)19)13-5-3-7-4-6-14-17(7)2/h4,6,13H,3,5,12H2,1-2H3,(H,15,18,19). The minimum Gasteiger partial charge on any atom is -0.383 e. The fraction of sp³-hybridized carbons (Fsp3) is 0.364. The molecule has 4 N–H and O–H groups in total. The number of hydrogen-bond donors (Lipinski definition) is 3. The Balaban J connectivity index is 2.13. The van der Waals surface area contributed by atoms with E-state index in [1.54, 1.807) is 10.9 Å². The van der Waals surface area contributed by atoms with E-state index in [-0.39, 0.29) is 11.5 Å². The molecule has 2 aromatic rings. The molecule has 2 rings (SSSR count). The number of aromatic nitrogens is 4. The normalized spacial score (nSPS) is 10.6. The molecule has 0 amide bonds. The summed E-state index contributed by atoms with van der Waals surface area (Å²) < 4.78 is 2.95. The number of anilines is 2. The molecule has 2 aromatic heterocycles. The van der Waals surface area contributed by atoms with Crippen molar-refractivity contribution >= 4 is 11.5 Å². The Bertz CT molecular complexity index is 696. The fourth-order valence-electron chi connectivity index (χ4n) is 1.77. The average Bonchev–Trinajstić information content (AvgIpc) is 2.77. The molecular formula is C11H16N6O2. The zero-order valence-electron chi connectivity index (χ0n) is 10.8. The zero-order chi connectivity index (χ0) is 14.0. The second-order valence-corrected chi connectivity index (χ2v) is 4.20. The maximum atomic E-state index is 11.6. The largest absolute Gasteiger partial charge is 0.383 e. The summed E-state index contributed by atoms with van der Waals surface area (Å²) >= 11 is 0. The van der Waals surface area contributed by atoms with E-state index in [4.69, 9.17) is 5.73 Å². The van der Waals surface area contributed by atoms with Crippen LogP contribution < -0.4 is 22.3 Å². The van der Waals surface area contributed by atoms with Crippen LogP contribution in [-0.4, -0.2) is 25.9 Å². The van der Waals surface area contributed by atoms with E-state index >= 15 is 0 Å². The summed E-state index contributed by atoms with van der Waals surface area (Å²) in [6.07, 6.45) is 2.40. The van der Waals surface area contributed by atoms with Gasteiger partial charge in [0, 0.05) is 39.0 Å². The van der Waals surface area contributed by atoms with Crippen LogP contribution in [0.2, 0.25) is 0 Å². The Morgan fingerprint density at radius 3 is 2.79 bits per heavy atom. The summed E-state index contributed by atoms with van der Waals surface area (Å²) in [5, 5.41) is 7.00. The van der Waals surface area contributed by atoms with Gasteiger partial charge >= 0.3 is 5.69 Å². The van der Waals surface area contributed by atoms with Gasteiger partial charge < -0.3 is 11.1 Å². The Labute approximate surface area is 108 Å². The number of rotatable bonds is 4. The van der Waals surface area contributed by atoms with Crippen LogP contribution in [0.3, 0.4) is 0 Å². The maximum absolute atomic E-state index is 11.6. The van der Waals surface area contributed by atoms with Gasteiger partial charge in [0.15, 0.2) is 0 Å². The van der Waals surface area contributed by atoms with E-state index in [0.717, 1.165) is 5.69 Å². The molecule has 0 atom stereocenters. The van der Waals surface area contributed by atoms with Crippen LogP contribution in [0.5, 0.6) is 0 Å². The number of aromatic amines is 1. The topological polar surface area (TPSA) is 111 Å². The summed E-state index contributed by atoms with van der Waals surface area (Å²) in [5.74, 6) is 0.124. The zero-order valence-corrected chi connectivity index (χ0v) is 10.8. The molecule has 0 aromatic carbocycles. The van der Waals surface area contributed by atoms with Crippen molar-refractivity contribution in [2.24, 2.45) is 14.1 Å². The molecule has 102 valence electrons. The third-order valence-corrected chi connectivity index (χ3v) is 2.98. The lowest BCUT2D eigenvalue weighted by Crippen LogP contribution is -2.32. The Kier molecular flexibility index (Phi) is 3.41. The highest BCUT2D eigenvalue weighted by molar-refractivity contribution is 5.60. The van der Waals surface area contributed by atoms with Gasteiger partial charge in [0.1, 0.15) is 11.5 Å². The predicted octanol–water partition coefficient (Wildman–Crippen LogP) is -0.956. The molecule has 0 radical (unpaired) electrons. The first-order valence-corrected chi connectivity index (χ1v) is 5.80. The number of nitrogens with two attached hydrogens (primary N) is 1. The quantitative estimate of drug-likeness (QED) is 0.659. The van der Waals surface area contributed by atoms with Gasteiger partial charge in [-0.1, -0.05) is 0 Å². The van der Waals surface area contributed by atoms with Gasteiger partial charge in [0.2, 0.25) is 0 Å². The summed E-state index contributed by atoms with van der Waals surface area (Å²) in [6.45, 7) is 0.519. The molecule has 0 aliphatic rings. The first-order chi connectivity index (χ1) is 9.00. The molecule has 0 bridgehead atoms. The van der Waals surface area contributed by atoms with E-state index in [1.165, 1.54) is 11.6 Å². The lowest BCUT2D eigenvalue weighted by molar-refractivity contribution is 0.710. The third-order valence-electron chi connectivity index (χ3n) is 2.98. The number of aryl methyl sites for hydroxylation is 1. The van der Waals surface area contributed by atoms with Crippen molar-refractivity contribution in [3.05, 3.63) is 38.8 Å². The van der Waals surface area contributed by atoms with Gasteiger partial charge in [0.25, 0.3) is 5.56 Å². The van der Waals surface area contributed by atoms with Crippen LogP contribution in [0, 0.1) is 0 Å². The molecule has 0 aliphatic carbocycles. The molecule has 19 heavy (non-hydrogen) atoms. The van der Waals surface area contributed by atoms with Crippen LogP contribution in [-0.2, 0) is 20.5 Å². The smallest absolute Gasteiger partial charge is 0.329 e. The molecule has 8 heteroatoms. The van der Waals surface area contributed by atoms with Crippen molar-refractivity contribution in [1.29, 1.82) is 0 Å². The van der Waals surface area contributed by atoms with E-state index in [0.29, 0.717) is 13.0 Å². The van der Waals surface area contributed by atoms with Crippen molar-refractivity contribution in [2.75, 3.05) is 17.6 Å². The van der Waals surface area contributed by atoms with Crippen molar-refractivity contribution in [2.45, 2.75) is 6.42 Å². The minimum atomic E-state index is -0.528. The van der Waals surface area contributed by atoms with Gasteiger partial charge in [0.05, 0.1) is 0 Å². The molecule has 0 aliphatic heterocycles. The molecular weight excluding hydrogens is 248 g/mol. The number of nitrogens with zero attached hydrogens (tertiary/aromatic N) is 3. The lowest BCUT2D eigenvalue weighted by atomic mass is 10.3. The van der Waals surface area contributed by atoms with Gasteiger partial charge in [-0.15, -0.1) is 0 Å². The molecule has 0 spiro atoms. The van der Waals surface area contributed by atoms with Crippen LogP contribution in [0.1, 0.15) is 5.69 Å². The van der Waals surface area contributed by atoms with E-state index < -0.39 is 11.2 Å². The molecule has 0 saturated heterocycles. The first-order valence-electron chi connectivity index (χ1n) is 5.80. The Hall–Kier alpha value is -2.51. The highest BCUT2D eigenvalue weighted by Crippen LogP contribution is 2.08. The average molecular weight is 264 g/mol. The predicted molar refractivity (Wildman–Crippen MR) is 72.1 cm³/mol. The second kappa shape index (κ2) is 5.01. The summed E-state index contributed by atoms with van der Waals surface area (Å²) in [5.41, 5.74) is 5.95. The Morgan fingerprint density at radius 2 is 2.16 bits per heavy atom. The van der Waals surface area contributed by atoms with Gasteiger partial charge in [-0.2, -0.15) is 5.10 Å². The number of nitrogens with one attached hydrogen (secondary N) is 2. The minimum absolute atomic E-state index is 0.124. The first kappa shape index (κ1) is 12.9. The maximum Gasteiger partial charge on any atom is 0.329 e. The second-order valence-electron chi connectivity index (χ2n) is 4.20. The summed E-state index contributed by atoms with van der Waals surface area (Å²) in [4.78, 5) is 25.1. The van der Waals surface area contributed by atoms with Crippen molar-refractivity contribution in [3.8, 4) is 0 Å². The fourth-order valence-corrected chi connectivity index (χ4v) is 1.77. The van der Waals surface area contributed by atoms with Crippen LogP contribution >= 0.6 is 0 Å². The number of nitrogen functional groups attached to an aromatic ring is 1. The van der Waals surface area contributed by atoms with E-state index in [9.17, 15) is 9.59 Å². The van der Waals surface area contributed by atoms with E-state index in [1.807, 2.05) is 13.1 Å². The molecule has 0 saturated carbocycles. The number of hydrogen-bond acceptors (Lipinski definition) is 5. The SMILES string of the molecule is Cn1nccc1CCNc1c(N)n(C)c(=O)[nH]c1=O. The molecule has 0 fully saturated rings. The lowest BCUT2D eigenvalue weighted by Gasteiger charge is -2.10. The summed E-state index contributed by atoms with van der Waals surface area (Å²) in [6, 6.07) is 1.90. The Morgan fingerprint density at radius 1 is 1.42 bits per heavy atom. The highest BCUT2D eigenvalue weighted by atomic mass is 16.2. The third kappa shape index (κ3) is 2.51. The van der Waals surface area contributed by atoms with Gasteiger partial charge in [-0.3, -0.25) is 19.0 Å². The van der Waals surface area contributed by atoms with E-state index in [2.05, 4.69) is 15.4 Å². The summed E-state index contributed by atoms with van der Waals surface area (Å²) in [7, 11) is 3.35. The molecule has 0 unspecified atom stereocenters. The van der Waals surface area contributed by atoms with Crippen LogP contribution in [0.15, 0.2) is 21.9 Å². The van der Waals surface area contributed by atoms with Gasteiger partial charge in [-0.25, -0.2) is 4.79 Å². The number of H-pyrrole nitrogens is 1. The monoisotopic (exact) mass is 264 g/mol.